The second-order valence-corrected chi connectivity index (χ2v) is 4.14. The number of hydrogen-bond acceptors (Lipinski definition) is 3. The zero-order valence-electron chi connectivity index (χ0n) is 8.83. The maximum Gasteiger partial charge on any atom is 0.145 e. The molecule has 2 rings (SSSR count). The van der Waals surface area contributed by atoms with Gasteiger partial charge in [0.1, 0.15) is 5.82 Å². The highest BCUT2D eigenvalue weighted by Gasteiger charge is 2.26. The highest BCUT2D eigenvalue weighted by molar-refractivity contribution is 5.05. The molecular formula is C11H17N3. The van der Waals surface area contributed by atoms with Gasteiger partial charge in [0.25, 0.3) is 0 Å². The smallest absolute Gasteiger partial charge is 0.145 e. The molecule has 1 aromatic rings. The average molecular weight is 191 g/mol. The first-order chi connectivity index (χ1) is 6.79. The van der Waals surface area contributed by atoms with Crippen LogP contribution in [0.15, 0.2) is 12.4 Å². The normalized spacial score (nSPS) is 18.1. The van der Waals surface area contributed by atoms with Crippen molar-refractivity contribution in [3.63, 3.8) is 0 Å². The lowest BCUT2D eigenvalue weighted by Crippen LogP contribution is -2.19. The number of hydrogen-bond donors (Lipinski definition) is 1. The monoisotopic (exact) mass is 191 g/mol. The van der Waals surface area contributed by atoms with Crippen LogP contribution in [0.2, 0.25) is 0 Å². The molecule has 3 heteroatoms. The molecule has 1 N–H and O–H groups in total. The lowest BCUT2D eigenvalue weighted by Gasteiger charge is -2.13. The van der Waals surface area contributed by atoms with Crippen LogP contribution in [0.4, 0.5) is 0 Å². The molecule has 0 saturated heterocycles. The Bertz CT molecular complexity index is 290. The Kier molecular flexibility index (Phi) is 2.77. The summed E-state index contributed by atoms with van der Waals surface area (Å²) >= 11 is 0. The SMILES string of the molecule is CNC(CC1CC1)c1ncc(C)cn1. The first-order valence-corrected chi connectivity index (χ1v) is 5.25. The van der Waals surface area contributed by atoms with E-state index in [-0.39, 0.29) is 0 Å². The molecule has 76 valence electrons. The van der Waals surface area contributed by atoms with Crippen molar-refractivity contribution >= 4 is 0 Å². The zero-order valence-corrected chi connectivity index (χ0v) is 8.83. The molecule has 1 fully saturated rings. The molecule has 1 aliphatic carbocycles. The van der Waals surface area contributed by atoms with Gasteiger partial charge in [-0.3, -0.25) is 0 Å². The Morgan fingerprint density at radius 2 is 2.07 bits per heavy atom. The lowest BCUT2D eigenvalue weighted by molar-refractivity contribution is 0.489. The van der Waals surface area contributed by atoms with Crippen molar-refractivity contribution in [2.75, 3.05) is 7.05 Å². The van der Waals surface area contributed by atoms with Gasteiger partial charge in [0.2, 0.25) is 0 Å². The van der Waals surface area contributed by atoms with Gasteiger partial charge in [-0.25, -0.2) is 9.97 Å². The van der Waals surface area contributed by atoms with E-state index in [0.29, 0.717) is 6.04 Å². The minimum absolute atomic E-state index is 0.336. The van der Waals surface area contributed by atoms with Gasteiger partial charge in [0.15, 0.2) is 0 Å². The third-order valence-electron chi connectivity index (χ3n) is 2.73. The second kappa shape index (κ2) is 4.05. The van der Waals surface area contributed by atoms with Crippen molar-refractivity contribution in [3.05, 3.63) is 23.8 Å². The Hall–Kier alpha value is -0.960. The number of nitrogens with zero attached hydrogens (tertiary/aromatic N) is 2. The molecule has 14 heavy (non-hydrogen) atoms. The van der Waals surface area contributed by atoms with E-state index in [4.69, 9.17) is 0 Å². The fraction of sp³-hybridized carbons (Fsp3) is 0.636. The van der Waals surface area contributed by atoms with Crippen molar-refractivity contribution < 1.29 is 0 Å². The number of rotatable bonds is 4. The van der Waals surface area contributed by atoms with Crippen molar-refractivity contribution in [2.45, 2.75) is 32.2 Å². The van der Waals surface area contributed by atoms with Gasteiger partial charge in [-0.05, 0) is 31.9 Å². The first-order valence-electron chi connectivity index (χ1n) is 5.25. The standard InChI is InChI=1S/C11H17N3/c1-8-6-13-11(14-7-8)10(12-2)5-9-3-4-9/h6-7,9-10,12H,3-5H2,1-2H3. The predicted octanol–water partition coefficient (Wildman–Crippen LogP) is 1.85. The first kappa shape index (κ1) is 9.59. The molecule has 0 amide bonds. The summed E-state index contributed by atoms with van der Waals surface area (Å²) in [6, 6.07) is 0.336. The van der Waals surface area contributed by atoms with Crippen LogP contribution < -0.4 is 5.32 Å². The summed E-state index contributed by atoms with van der Waals surface area (Å²) in [7, 11) is 1.98. The van der Waals surface area contributed by atoms with Crippen LogP contribution in [0.1, 0.15) is 36.7 Å². The van der Waals surface area contributed by atoms with Gasteiger partial charge in [-0.1, -0.05) is 12.8 Å². The maximum absolute atomic E-state index is 4.36. The van der Waals surface area contributed by atoms with Crippen LogP contribution in [0.3, 0.4) is 0 Å². The van der Waals surface area contributed by atoms with E-state index in [1.807, 2.05) is 26.4 Å². The lowest BCUT2D eigenvalue weighted by atomic mass is 10.1. The highest BCUT2D eigenvalue weighted by atomic mass is 15.0. The van der Waals surface area contributed by atoms with Crippen molar-refractivity contribution in [2.24, 2.45) is 5.92 Å². The van der Waals surface area contributed by atoms with Crippen LogP contribution >= 0.6 is 0 Å². The van der Waals surface area contributed by atoms with Gasteiger partial charge in [-0.2, -0.15) is 0 Å². The minimum atomic E-state index is 0.336. The molecule has 1 aromatic heterocycles. The third kappa shape index (κ3) is 2.29. The van der Waals surface area contributed by atoms with Crippen LogP contribution in [-0.2, 0) is 0 Å². The molecular weight excluding hydrogens is 174 g/mol. The molecule has 1 unspecified atom stereocenters. The summed E-state index contributed by atoms with van der Waals surface area (Å²) in [6.07, 6.45) is 7.72. The fourth-order valence-corrected chi connectivity index (χ4v) is 1.62. The van der Waals surface area contributed by atoms with Gasteiger partial charge < -0.3 is 5.32 Å². The van der Waals surface area contributed by atoms with Crippen molar-refractivity contribution in [3.8, 4) is 0 Å². The van der Waals surface area contributed by atoms with Gasteiger partial charge in [0, 0.05) is 12.4 Å². The molecule has 0 spiro atoms. The third-order valence-corrected chi connectivity index (χ3v) is 2.73. The Balaban J connectivity index is 2.05. The van der Waals surface area contributed by atoms with E-state index >= 15 is 0 Å². The number of aromatic nitrogens is 2. The van der Waals surface area contributed by atoms with Crippen molar-refractivity contribution in [1.82, 2.24) is 15.3 Å². The molecule has 0 aromatic carbocycles. The van der Waals surface area contributed by atoms with Crippen LogP contribution in [0, 0.1) is 12.8 Å². The second-order valence-electron chi connectivity index (χ2n) is 4.14. The Labute approximate surface area is 85.0 Å². The molecule has 0 aliphatic heterocycles. The molecule has 1 saturated carbocycles. The summed E-state index contributed by atoms with van der Waals surface area (Å²) in [6.45, 7) is 2.01. The quantitative estimate of drug-likeness (QED) is 0.789. The molecule has 0 bridgehead atoms. The predicted molar refractivity (Wildman–Crippen MR) is 55.9 cm³/mol. The fourth-order valence-electron chi connectivity index (χ4n) is 1.62. The van der Waals surface area contributed by atoms with E-state index < -0.39 is 0 Å². The number of nitrogens with one attached hydrogen (secondary N) is 1. The van der Waals surface area contributed by atoms with Crippen molar-refractivity contribution in [1.29, 1.82) is 0 Å². The molecule has 0 radical (unpaired) electrons. The summed E-state index contributed by atoms with van der Waals surface area (Å²) in [5, 5.41) is 3.28. The molecule has 1 atom stereocenters. The van der Waals surface area contributed by atoms with E-state index in [1.165, 1.54) is 19.3 Å². The van der Waals surface area contributed by atoms with Gasteiger partial charge in [0.05, 0.1) is 6.04 Å². The van der Waals surface area contributed by atoms with E-state index in [9.17, 15) is 0 Å². The molecule has 1 heterocycles. The van der Waals surface area contributed by atoms with E-state index in [0.717, 1.165) is 17.3 Å². The van der Waals surface area contributed by atoms with E-state index in [2.05, 4.69) is 15.3 Å². The Morgan fingerprint density at radius 3 is 2.57 bits per heavy atom. The van der Waals surface area contributed by atoms with Crippen LogP contribution in [-0.4, -0.2) is 17.0 Å². The van der Waals surface area contributed by atoms with Crippen LogP contribution in [0.5, 0.6) is 0 Å². The Morgan fingerprint density at radius 1 is 1.43 bits per heavy atom. The highest BCUT2D eigenvalue weighted by Crippen LogP contribution is 2.36. The largest absolute Gasteiger partial charge is 0.310 e. The van der Waals surface area contributed by atoms with Gasteiger partial charge >= 0.3 is 0 Å². The summed E-state index contributed by atoms with van der Waals surface area (Å²) in [4.78, 5) is 8.71. The molecule has 3 nitrogen and oxygen atoms in total. The average Bonchev–Trinajstić information content (AvgIpc) is 3.00. The number of aryl methyl sites for hydroxylation is 1. The van der Waals surface area contributed by atoms with Crippen LogP contribution in [0.25, 0.3) is 0 Å². The molecule has 1 aliphatic rings. The van der Waals surface area contributed by atoms with E-state index in [1.54, 1.807) is 0 Å². The van der Waals surface area contributed by atoms with Gasteiger partial charge in [-0.15, -0.1) is 0 Å². The summed E-state index contributed by atoms with van der Waals surface area (Å²) in [5.41, 5.74) is 1.12. The summed E-state index contributed by atoms with van der Waals surface area (Å²) in [5.74, 6) is 1.84. The zero-order chi connectivity index (χ0) is 9.97. The topological polar surface area (TPSA) is 37.8 Å². The minimum Gasteiger partial charge on any atom is -0.310 e. The maximum atomic E-state index is 4.36. The summed E-state index contributed by atoms with van der Waals surface area (Å²) < 4.78 is 0.